The van der Waals surface area contributed by atoms with Crippen LogP contribution in [-0.2, 0) is 19.8 Å². The zero-order valence-corrected chi connectivity index (χ0v) is 12.4. The van der Waals surface area contributed by atoms with Crippen molar-refractivity contribution < 1.29 is 31.2 Å². The monoisotopic (exact) mass is 326 g/mol. The molecule has 8 heteroatoms. The van der Waals surface area contributed by atoms with Gasteiger partial charge >= 0.3 is 13.8 Å². The number of alkyl halides is 3. The van der Waals surface area contributed by atoms with E-state index in [0.29, 0.717) is 0 Å². The van der Waals surface area contributed by atoms with Gasteiger partial charge in [-0.3, -0.25) is 4.57 Å². The van der Waals surface area contributed by atoms with Crippen LogP contribution in [0.1, 0.15) is 25.0 Å². The van der Waals surface area contributed by atoms with Gasteiger partial charge in [0.1, 0.15) is 0 Å². The van der Waals surface area contributed by atoms with E-state index < -0.39 is 24.9 Å². The first-order chi connectivity index (χ1) is 9.73. The average molecular weight is 326 g/mol. The molecule has 0 unspecified atom stereocenters. The number of rotatable bonds is 6. The van der Waals surface area contributed by atoms with Crippen LogP contribution in [0.15, 0.2) is 29.8 Å². The molecule has 1 aromatic carbocycles. The maximum atomic E-state index is 14.0. The first kappa shape index (κ1) is 17.9. The smallest absolute Gasteiger partial charge is 0.304 e. The van der Waals surface area contributed by atoms with Gasteiger partial charge in [0.2, 0.25) is 5.57 Å². The summed E-state index contributed by atoms with van der Waals surface area (Å²) in [6.45, 7) is 3.01. The summed E-state index contributed by atoms with van der Waals surface area (Å²) in [6, 6.07) is 3.77. The van der Waals surface area contributed by atoms with Crippen LogP contribution in [0.25, 0.3) is 6.08 Å². The quantitative estimate of drug-likeness (QED) is 0.530. The van der Waals surface area contributed by atoms with Crippen LogP contribution in [-0.4, -0.2) is 13.2 Å². The first-order valence-electron chi connectivity index (χ1n) is 6.17. The molecule has 1 rings (SSSR count). The van der Waals surface area contributed by atoms with Crippen molar-refractivity contribution in [3.63, 3.8) is 0 Å². The van der Waals surface area contributed by atoms with E-state index in [-0.39, 0.29) is 18.8 Å². The Bertz CT molecular complexity index is 527. The molecule has 0 atom stereocenters. The lowest BCUT2D eigenvalue weighted by atomic mass is 10.1. The fraction of sp³-hybridized carbons (Fsp3) is 0.385. The molecule has 0 aliphatic rings. The summed E-state index contributed by atoms with van der Waals surface area (Å²) in [6.07, 6.45) is -3.63. The lowest BCUT2D eigenvalue weighted by Gasteiger charge is -2.14. The molecular formula is C13H15F4O3P. The SMILES string of the molecule is CCOP(=O)(OCC)/C(F)=C\c1ccc(C(F)(F)F)cc1. The fourth-order valence-corrected chi connectivity index (χ4v) is 2.79. The Labute approximate surface area is 120 Å². The third kappa shape index (κ3) is 4.95. The van der Waals surface area contributed by atoms with Crippen molar-refractivity contribution in [2.24, 2.45) is 0 Å². The molecule has 0 N–H and O–H groups in total. The van der Waals surface area contributed by atoms with E-state index in [1.165, 1.54) is 13.8 Å². The van der Waals surface area contributed by atoms with Crippen LogP contribution in [0.2, 0.25) is 0 Å². The Morgan fingerprint density at radius 2 is 1.62 bits per heavy atom. The highest BCUT2D eigenvalue weighted by atomic mass is 31.2. The minimum Gasteiger partial charge on any atom is -0.304 e. The maximum Gasteiger partial charge on any atom is 0.416 e. The van der Waals surface area contributed by atoms with Gasteiger partial charge in [0.05, 0.1) is 18.8 Å². The molecule has 0 aliphatic carbocycles. The van der Waals surface area contributed by atoms with Gasteiger partial charge in [0.15, 0.2) is 0 Å². The molecule has 118 valence electrons. The summed E-state index contributed by atoms with van der Waals surface area (Å²) in [5.41, 5.74) is -1.87. The number of hydrogen-bond donors (Lipinski definition) is 0. The molecule has 0 fully saturated rings. The molecular weight excluding hydrogens is 311 g/mol. The molecule has 0 saturated heterocycles. The third-order valence-electron chi connectivity index (χ3n) is 2.38. The molecule has 0 aliphatic heterocycles. The highest BCUT2D eigenvalue weighted by Gasteiger charge is 2.31. The van der Waals surface area contributed by atoms with Crippen LogP contribution in [0, 0.1) is 0 Å². The van der Waals surface area contributed by atoms with Gasteiger partial charge in [-0.25, -0.2) is 0 Å². The largest absolute Gasteiger partial charge is 0.416 e. The molecule has 0 aromatic heterocycles. The van der Waals surface area contributed by atoms with E-state index in [4.69, 9.17) is 9.05 Å². The Balaban J connectivity index is 3.03. The van der Waals surface area contributed by atoms with Crippen molar-refractivity contribution in [1.29, 1.82) is 0 Å². The first-order valence-corrected chi connectivity index (χ1v) is 7.71. The van der Waals surface area contributed by atoms with Gasteiger partial charge < -0.3 is 9.05 Å². The Morgan fingerprint density at radius 1 is 1.14 bits per heavy atom. The van der Waals surface area contributed by atoms with Crippen molar-refractivity contribution in [3.05, 3.63) is 41.0 Å². The van der Waals surface area contributed by atoms with E-state index in [9.17, 15) is 22.1 Å². The van der Waals surface area contributed by atoms with Crippen molar-refractivity contribution in [1.82, 2.24) is 0 Å². The minimum absolute atomic E-state index is 0.0223. The summed E-state index contributed by atoms with van der Waals surface area (Å²) in [5, 5.41) is 0. The predicted octanol–water partition coefficient (Wildman–Crippen LogP) is 5.24. The molecule has 0 radical (unpaired) electrons. The van der Waals surface area contributed by atoms with Crippen LogP contribution in [0.5, 0.6) is 0 Å². The lowest BCUT2D eigenvalue weighted by Crippen LogP contribution is -2.04. The van der Waals surface area contributed by atoms with E-state index in [1.807, 2.05) is 0 Å². The van der Waals surface area contributed by atoms with Gasteiger partial charge in [-0.2, -0.15) is 17.6 Å². The highest BCUT2D eigenvalue weighted by molar-refractivity contribution is 7.58. The van der Waals surface area contributed by atoms with Crippen LogP contribution < -0.4 is 0 Å². The van der Waals surface area contributed by atoms with Crippen LogP contribution >= 0.6 is 7.60 Å². The zero-order chi connectivity index (χ0) is 16.1. The molecule has 0 heterocycles. The van der Waals surface area contributed by atoms with Gasteiger partial charge in [0.25, 0.3) is 0 Å². The average Bonchev–Trinajstić information content (AvgIpc) is 2.38. The zero-order valence-electron chi connectivity index (χ0n) is 11.5. The maximum absolute atomic E-state index is 14.0. The topological polar surface area (TPSA) is 35.5 Å². The second kappa shape index (κ2) is 7.20. The molecule has 0 bridgehead atoms. The normalized spacial score (nSPS) is 13.5. The lowest BCUT2D eigenvalue weighted by molar-refractivity contribution is -0.137. The molecule has 0 spiro atoms. The second-order valence-electron chi connectivity index (χ2n) is 3.92. The standard InChI is InChI=1S/C13H15F4O3P/c1-3-19-21(18,20-4-2)12(14)9-10-5-7-11(8-6-10)13(15,16)17/h5-9H,3-4H2,1-2H3/b12-9-. The molecule has 0 amide bonds. The van der Waals surface area contributed by atoms with Crippen molar-refractivity contribution >= 4 is 13.7 Å². The summed E-state index contributed by atoms with van der Waals surface area (Å²) in [4.78, 5) is 0. The summed E-state index contributed by atoms with van der Waals surface area (Å²) in [5.74, 6) is 0. The highest BCUT2D eigenvalue weighted by Crippen LogP contribution is 2.57. The molecule has 21 heavy (non-hydrogen) atoms. The van der Waals surface area contributed by atoms with E-state index in [0.717, 1.165) is 30.3 Å². The van der Waals surface area contributed by atoms with Gasteiger partial charge in [-0.15, -0.1) is 0 Å². The van der Waals surface area contributed by atoms with Crippen molar-refractivity contribution in [2.75, 3.05) is 13.2 Å². The van der Waals surface area contributed by atoms with Crippen LogP contribution in [0.4, 0.5) is 17.6 Å². The Hall–Kier alpha value is -1.17. The van der Waals surface area contributed by atoms with E-state index >= 15 is 0 Å². The van der Waals surface area contributed by atoms with E-state index in [1.54, 1.807) is 0 Å². The predicted molar refractivity (Wildman–Crippen MR) is 71.4 cm³/mol. The minimum atomic E-state index is -4.47. The Kier molecular flexibility index (Phi) is 6.13. The van der Waals surface area contributed by atoms with Crippen molar-refractivity contribution in [3.8, 4) is 0 Å². The van der Waals surface area contributed by atoms with Gasteiger partial charge in [-0.05, 0) is 37.6 Å². The van der Waals surface area contributed by atoms with Gasteiger partial charge in [-0.1, -0.05) is 12.1 Å². The molecule has 3 nitrogen and oxygen atoms in total. The number of hydrogen-bond acceptors (Lipinski definition) is 3. The van der Waals surface area contributed by atoms with Crippen molar-refractivity contribution in [2.45, 2.75) is 20.0 Å². The Morgan fingerprint density at radius 3 is 2.00 bits per heavy atom. The number of halogens is 4. The van der Waals surface area contributed by atoms with Gasteiger partial charge in [0, 0.05) is 0 Å². The number of benzene rings is 1. The molecule has 1 aromatic rings. The fourth-order valence-electron chi connectivity index (χ4n) is 1.49. The summed E-state index contributed by atoms with van der Waals surface area (Å²) < 4.78 is 72.8. The van der Waals surface area contributed by atoms with Crippen LogP contribution in [0.3, 0.4) is 0 Å². The molecule has 0 saturated carbocycles. The summed E-state index contributed by atoms with van der Waals surface area (Å²) in [7, 11) is -4.05. The van der Waals surface area contributed by atoms with E-state index in [2.05, 4.69) is 0 Å². The summed E-state index contributed by atoms with van der Waals surface area (Å²) >= 11 is 0. The second-order valence-corrected chi connectivity index (χ2v) is 5.86. The third-order valence-corrected chi connectivity index (χ3v) is 4.23.